The fourth-order valence-electron chi connectivity index (χ4n) is 2.49. The zero-order valence-corrected chi connectivity index (χ0v) is 12.3. The maximum atomic E-state index is 11.5. The number of ether oxygens (including phenoxy) is 1. The van der Waals surface area contributed by atoms with Gasteiger partial charge in [0, 0.05) is 26.3 Å². The number of hydrogen-bond acceptors (Lipinski definition) is 6. The van der Waals surface area contributed by atoms with Gasteiger partial charge in [-0.25, -0.2) is 4.98 Å². The molecule has 1 N–H and O–H groups in total. The Morgan fingerprint density at radius 2 is 2.05 bits per heavy atom. The number of nitrogens with one attached hydrogen (secondary N) is 1. The Kier molecular flexibility index (Phi) is 4.76. The largest absolute Gasteiger partial charge is 0.469 e. The molecule has 110 valence electrons. The monoisotopic (exact) mass is 278 g/mol. The number of aromatic nitrogens is 2. The fraction of sp³-hybridized carbons (Fsp3) is 0.643. The molecule has 20 heavy (non-hydrogen) atoms. The van der Waals surface area contributed by atoms with E-state index in [-0.39, 0.29) is 11.9 Å². The molecule has 1 saturated carbocycles. The first-order chi connectivity index (χ1) is 9.60. The molecule has 0 amide bonds. The average Bonchev–Trinajstić information content (AvgIpc) is 2.47. The van der Waals surface area contributed by atoms with Gasteiger partial charge in [-0.3, -0.25) is 4.79 Å². The summed E-state index contributed by atoms with van der Waals surface area (Å²) in [6.45, 7) is 0. The molecule has 0 spiro atoms. The lowest BCUT2D eigenvalue weighted by Gasteiger charge is -2.28. The van der Waals surface area contributed by atoms with Crippen molar-refractivity contribution in [2.75, 3.05) is 31.4 Å². The summed E-state index contributed by atoms with van der Waals surface area (Å²) < 4.78 is 4.80. The van der Waals surface area contributed by atoms with Gasteiger partial charge in [-0.1, -0.05) is 0 Å². The number of carbonyl (C=O) groups is 1. The molecule has 1 aromatic heterocycles. The summed E-state index contributed by atoms with van der Waals surface area (Å²) in [5.74, 6) is 1.50. The van der Waals surface area contributed by atoms with Crippen LogP contribution in [-0.4, -0.2) is 43.2 Å². The lowest BCUT2D eigenvalue weighted by molar-refractivity contribution is -0.146. The van der Waals surface area contributed by atoms with Crippen LogP contribution in [-0.2, 0) is 9.53 Å². The number of carbonyl (C=O) groups excluding carboxylic acids is 1. The van der Waals surface area contributed by atoms with Crippen LogP contribution in [0.5, 0.6) is 0 Å². The van der Waals surface area contributed by atoms with E-state index in [0.29, 0.717) is 12.0 Å². The SMILES string of the molecule is COC(=O)C1CCC(Nc2ccnc(N(C)C)n2)CC1. The number of anilines is 2. The van der Waals surface area contributed by atoms with Crippen LogP contribution in [0, 0.1) is 5.92 Å². The number of nitrogens with zero attached hydrogens (tertiary/aromatic N) is 3. The van der Waals surface area contributed by atoms with Gasteiger partial charge in [0.25, 0.3) is 0 Å². The lowest BCUT2D eigenvalue weighted by Crippen LogP contribution is -2.30. The summed E-state index contributed by atoms with van der Waals surface area (Å²) in [6, 6.07) is 2.24. The summed E-state index contributed by atoms with van der Waals surface area (Å²) in [6.07, 6.45) is 5.42. The van der Waals surface area contributed by atoms with E-state index in [1.54, 1.807) is 6.20 Å². The molecule has 1 aliphatic rings. The standard InChI is InChI=1S/C14H22N4O2/c1-18(2)14-15-9-8-12(17-14)16-11-6-4-10(5-7-11)13(19)20-3/h8-11H,4-7H2,1-3H3,(H,15,16,17). The number of esters is 1. The smallest absolute Gasteiger partial charge is 0.308 e. The Morgan fingerprint density at radius 3 is 2.65 bits per heavy atom. The van der Waals surface area contributed by atoms with Gasteiger partial charge in [0.05, 0.1) is 13.0 Å². The molecule has 0 atom stereocenters. The van der Waals surface area contributed by atoms with Gasteiger partial charge < -0.3 is 15.0 Å². The second-order valence-corrected chi connectivity index (χ2v) is 5.35. The predicted octanol–water partition coefficient (Wildman–Crippen LogP) is 1.69. The Morgan fingerprint density at radius 1 is 1.35 bits per heavy atom. The van der Waals surface area contributed by atoms with Crippen LogP contribution in [0.25, 0.3) is 0 Å². The minimum Gasteiger partial charge on any atom is -0.469 e. The Hall–Kier alpha value is -1.85. The molecule has 0 radical (unpaired) electrons. The third kappa shape index (κ3) is 3.59. The van der Waals surface area contributed by atoms with Crippen molar-refractivity contribution >= 4 is 17.7 Å². The van der Waals surface area contributed by atoms with E-state index in [2.05, 4.69) is 15.3 Å². The molecule has 1 heterocycles. The quantitative estimate of drug-likeness (QED) is 0.845. The zero-order valence-electron chi connectivity index (χ0n) is 12.3. The van der Waals surface area contributed by atoms with Crippen LogP contribution in [0.2, 0.25) is 0 Å². The van der Waals surface area contributed by atoms with Crippen LogP contribution >= 0.6 is 0 Å². The number of rotatable bonds is 4. The Labute approximate surface area is 119 Å². The third-order valence-corrected chi connectivity index (χ3v) is 3.66. The molecule has 6 nitrogen and oxygen atoms in total. The van der Waals surface area contributed by atoms with Crippen molar-refractivity contribution in [1.29, 1.82) is 0 Å². The first-order valence-electron chi connectivity index (χ1n) is 6.95. The highest BCUT2D eigenvalue weighted by Gasteiger charge is 2.26. The van der Waals surface area contributed by atoms with Crippen molar-refractivity contribution in [3.8, 4) is 0 Å². The fourth-order valence-corrected chi connectivity index (χ4v) is 2.49. The molecule has 0 unspecified atom stereocenters. The lowest BCUT2D eigenvalue weighted by atomic mass is 9.86. The first kappa shape index (κ1) is 14.6. The summed E-state index contributed by atoms with van der Waals surface area (Å²) in [4.78, 5) is 22.0. The second-order valence-electron chi connectivity index (χ2n) is 5.35. The van der Waals surface area contributed by atoms with E-state index in [0.717, 1.165) is 31.5 Å². The molecule has 1 aromatic rings. The van der Waals surface area contributed by atoms with E-state index in [1.807, 2.05) is 25.1 Å². The van der Waals surface area contributed by atoms with Crippen molar-refractivity contribution < 1.29 is 9.53 Å². The Bertz CT molecular complexity index is 456. The Balaban J connectivity index is 1.89. The van der Waals surface area contributed by atoms with Crippen molar-refractivity contribution in [3.63, 3.8) is 0 Å². The van der Waals surface area contributed by atoms with Crippen molar-refractivity contribution in [3.05, 3.63) is 12.3 Å². The number of hydrogen-bond donors (Lipinski definition) is 1. The van der Waals surface area contributed by atoms with Gasteiger partial charge >= 0.3 is 5.97 Å². The third-order valence-electron chi connectivity index (χ3n) is 3.66. The van der Waals surface area contributed by atoms with E-state index in [9.17, 15) is 4.79 Å². The first-order valence-corrected chi connectivity index (χ1v) is 6.95. The molecule has 1 fully saturated rings. The van der Waals surface area contributed by atoms with E-state index >= 15 is 0 Å². The second kappa shape index (κ2) is 6.54. The maximum Gasteiger partial charge on any atom is 0.308 e. The van der Waals surface area contributed by atoms with Gasteiger partial charge in [0.15, 0.2) is 0 Å². The van der Waals surface area contributed by atoms with Gasteiger partial charge in [0.2, 0.25) is 5.95 Å². The highest BCUT2D eigenvalue weighted by atomic mass is 16.5. The highest BCUT2D eigenvalue weighted by molar-refractivity contribution is 5.72. The van der Waals surface area contributed by atoms with Crippen LogP contribution in [0.15, 0.2) is 12.3 Å². The minimum atomic E-state index is -0.0830. The summed E-state index contributed by atoms with van der Waals surface area (Å²) in [5.41, 5.74) is 0. The average molecular weight is 278 g/mol. The molecule has 1 aliphatic carbocycles. The molecular formula is C14H22N4O2. The van der Waals surface area contributed by atoms with Crippen molar-refractivity contribution in [1.82, 2.24) is 9.97 Å². The molecule has 0 saturated heterocycles. The van der Waals surface area contributed by atoms with Crippen molar-refractivity contribution in [2.24, 2.45) is 5.92 Å². The zero-order chi connectivity index (χ0) is 14.5. The van der Waals surface area contributed by atoms with E-state index in [1.165, 1.54) is 7.11 Å². The molecule has 0 aromatic carbocycles. The van der Waals surface area contributed by atoms with E-state index in [4.69, 9.17) is 4.74 Å². The highest BCUT2D eigenvalue weighted by Crippen LogP contribution is 2.27. The van der Waals surface area contributed by atoms with Crippen LogP contribution in [0.3, 0.4) is 0 Å². The van der Waals surface area contributed by atoms with Gasteiger partial charge in [-0.05, 0) is 31.7 Å². The van der Waals surface area contributed by atoms with Gasteiger partial charge in [0.1, 0.15) is 5.82 Å². The molecule has 6 heteroatoms. The summed E-state index contributed by atoms with van der Waals surface area (Å²) in [5, 5.41) is 3.42. The summed E-state index contributed by atoms with van der Waals surface area (Å²) in [7, 11) is 5.29. The van der Waals surface area contributed by atoms with Gasteiger partial charge in [-0.2, -0.15) is 4.98 Å². The topological polar surface area (TPSA) is 67.3 Å². The van der Waals surface area contributed by atoms with Crippen LogP contribution < -0.4 is 10.2 Å². The predicted molar refractivity (Wildman–Crippen MR) is 77.7 cm³/mol. The molecule has 0 aliphatic heterocycles. The number of methoxy groups -OCH3 is 1. The molecule has 2 rings (SSSR count). The molecular weight excluding hydrogens is 256 g/mol. The minimum absolute atomic E-state index is 0.0563. The van der Waals surface area contributed by atoms with Gasteiger partial charge in [-0.15, -0.1) is 0 Å². The van der Waals surface area contributed by atoms with Crippen LogP contribution in [0.4, 0.5) is 11.8 Å². The maximum absolute atomic E-state index is 11.5. The van der Waals surface area contributed by atoms with Crippen molar-refractivity contribution in [2.45, 2.75) is 31.7 Å². The normalized spacial score (nSPS) is 22.1. The van der Waals surface area contributed by atoms with E-state index < -0.39 is 0 Å². The summed E-state index contributed by atoms with van der Waals surface area (Å²) >= 11 is 0. The molecule has 0 bridgehead atoms. The van der Waals surface area contributed by atoms with Crippen LogP contribution in [0.1, 0.15) is 25.7 Å².